The molecule has 0 bridgehead atoms. The molecule has 1 atom stereocenters. The van der Waals surface area contributed by atoms with Crippen LogP contribution in [0.25, 0.3) is 28.1 Å². The molecule has 1 unspecified atom stereocenters. The number of hydrogen-bond acceptors (Lipinski definition) is 5. The zero-order valence-corrected chi connectivity index (χ0v) is 18.7. The molecule has 13 heteroatoms. The van der Waals surface area contributed by atoms with Crippen molar-refractivity contribution in [2.75, 3.05) is 0 Å². The minimum atomic E-state index is -4.78. The molecule has 0 aliphatic rings. The van der Waals surface area contributed by atoms with Crippen LogP contribution in [0.3, 0.4) is 0 Å². The van der Waals surface area contributed by atoms with Gasteiger partial charge >= 0.3 is 6.18 Å². The molecule has 0 saturated carbocycles. The largest absolute Gasteiger partial charge is 0.404 e. The zero-order valence-electron chi connectivity index (χ0n) is 17.9. The maximum atomic E-state index is 14.1. The zero-order chi connectivity index (χ0) is 25.5. The lowest BCUT2D eigenvalue weighted by Crippen LogP contribution is -2.42. The summed E-state index contributed by atoms with van der Waals surface area (Å²) in [5, 5.41) is 0.178. The summed E-state index contributed by atoms with van der Waals surface area (Å²) in [4.78, 5) is 20.3. The number of aromatic nitrogens is 3. The molecule has 0 spiro atoms. The Hall–Kier alpha value is -3.84. The van der Waals surface area contributed by atoms with Crippen molar-refractivity contribution >= 4 is 26.8 Å². The van der Waals surface area contributed by atoms with Crippen molar-refractivity contribution in [1.29, 1.82) is 0 Å². The van der Waals surface area contributed by atoms with Crippen LogP contribution in [0.5, 0.6) is 0 Å². The monoisotopic (exact) mass is 507 g/mol. The Labute approximate surface area is 196 Å². The Kier molecular flexibility index (Phi) is 6.07. The van der Waals surface area contributed by atoms with Crippen molar-refractivity contribution in [2.24, 2.45) is 5.73 Å². The standard InChI is InChI=1S/C22H17F4N5O3S/c1-12(22(24,25)26)30-35(33,34)14-6-7-16(29-11-14)20-19(21(27)32)15-10-13(23)5-8-17(15)31(20)18-4-2-3-9-28-18/h2-12,30H,1H3,(H2,27,32). The first-order valence-electron chi connectivity index (χ1n) is 10.0. The summed E-state index contributed by atoms with van der Waals surface area (Å²) in [6, 6.07) is 8.64. The normalized spacial score (nSPS) is 13.2. The van der Waals surface area contributed by atoms with Crippen molar-refractivity contribution in [3.05, 3.63) is 72.3 Å². The Balaban J connectivity index is 1.90. The Morgan fingerprint density at radius 1 is 1.11 bits per heavy atom. The van der Waals surface area contributed by atoms with E-state index in [2.05, 4.69) is 9.97 Å². The lowest BCUT2D eigenvalue weighted by molar-refractivity contribution is -0.147. The second-order valence-corrected chi connectivity index (χ2v) is 9.25. The SMILES string of the molecule is CC(NS(=O)(=O)c1ccc(-c2c(C(N)=O)c3cc(F)ccc3n2-c2ccccn2)nc1)C(F)(F)F. The number of carbonyl (C=O) groups is 1. The van der Waals surface area contributed by atoms with Crippen molar-refractivity contribution < 1.29 is 30.8 Å². The highest BCUT2D eigenvalue weighted by molar-refractivity contribution is 7.89. The molecule has 0 fully saturated rings. The summed E-state index contributed by atoms with van der Waals surface area (Å²) in [5.41, 5.74) is 6.08. The van der Waals surface area contributed by atoms with E-state index in [4.69, 9.17) is 5.73 Å². The maximum Gasteiger partial charge on any atom is 0.404 e. The summed E-state index contributed by atoms with van der Waals surface area (Å²) < 4.78 is 80.3. The maximum absolute atomic E-state index is 14.1. The number of pyridine rings is 2. The van der Waals surface area contributed by atoms with E-state index >= 15 is 0 Å². The average molecular weight is 507 g/mol. The average Bonchev–Trinajstić information content (AvgIpc) is 3.13. The van der Waals surface area contributed by atoms with Crippen LogP contribution in [0.1, 0.15) is 17.3 Å². The third-order valence-electron chi connectivity index (χ3n) is 5.17. The van der Waals surface area contributed by atoms with Crippen LogP contribution in [0.2, 0.25) is 0 Å². The van der Waals surface area contributed by atoms with Gasteiger partial charge in [-0.25, -0.2) is 17.8 Å². The summed E-state index contributed by atoms with van der Waals surface area (Å²) in [6.07, 6.45) is -2.43. The van der Waals surface area contributed by atoms with Gasteiger partial charge in [-0.3, -0.25) is 14.3 Å². The molecule has 3 aromatic heterocycles. The third-order valence-corrected chi connectivity index (χ3v) is 6.69. The van der Waals surface area contributed by atoms with Crippen LogP contribution in [0.4, 0.5) is 17.6 Å². The van der Waals surface area contributed by atoms with Gasteiger partial charge in [-0.2, -0.15) is 17.9 Å². The summed E-state index contributed by atoms with van der Waals surface area (Å²) in [6.45, 7) is 0.670. The van der Waals surface area contributed by atoms with E-state index in [1.54, 1.807) is 22.9 Å². The van der Waals surface area contributed by atoms with Gasteiger partial charge in [0.1, 0.15) is 22.6 Å². The van der Waals surface area contributed by atoms with Gasteiger partial charge in [-0.05, 0) is 49.4 Å². The molecule has 3 N–H and O–H groups in total. The van der Waals surface area contributed by atoms with Gasteiger partial charge in [0.2, 0.25) is 10.0 Å². The van der Waals surface area contributed by atoms with E-state index < -0.39 is 38.9 Å². The molecule has 8 nitrogen and oxygen atoms in total. The van der Waals surface area contributed by atoms with Gasteiger partial charge in [0.05, 0.1) is 22.5 Å². The number of rotatable bonds is 6. The highest BCUT2D eigenvalue weighted by Gasteiger charge is 2.39. The van der Waals surface area contributed by atoms with Crippen LogP contribution < -0.4 is 10.5 Å². The molecule has 0 aliphatic carbocycles. The Morgan fingerprint density at radius 2 is 1.86 bits per heavy atom. The van der Waals surface area contributed by atoms with Crippen molar-refractivity contribution in [2.45, 2.75) is 24.0 Å². The molecular formula is C22H17F4N5O3S. The fourth-order valence-corrected chi connectivity index (χ4v) is 4.70. The van der Waals surface area contributed by atoms with Gasteiger partial charge in [0, 0.05) is 17.8 Å². The predicted molar refractivity (Wildman–Crippen MR) is 119 cm³/mol. The molecule has 4 rings (SSSR count). The van der Waals surface area contributed by atoms with Crippen LogP contribution in [0, 0.1) is 5.82 Å². The van der Waals surface area contributed by atoms with Gasteiger partial charge in [-0.1, -0.05) is 6.07 Å². The quantitative estimate of drug-likeness (QED) is 0.387. The first-order chi connectivity index (χ1) is 16.4. The number of carbonyl (C=O) groups excluding carboxylic acids is 1. The van der Waals surface area contributed by atoms with Crippen molar-refractivity contribution in [1.82, 2.24) is 19.3 Å². The molecular weight excluding hydrogens is 490 g/mol. The van der Waals surface area contributed by atoms with E-state index in [1.807, 2.05) is 0 Å². The second-order valence-electron chi connectivity index (χ2n) is 7.54. The number of nitrogens with one attached hydrogen (secondary N) is 1. The van der Waals surface area contributed by atoms with Gasteiger partial charge in [0.15, 0.2) is 0 Å². The van der Waals surface area contributed by atoms with Crippen LogP contribution in [0.15, 0.2) is 65.8 Å². The first-order valence-corrected chi connectivity index (χ1v) is 11.5. The van der Waals surface area contributed by atoms with E-state index in [1.165, 1.54) is 29.0 Å². The van der Waals surface area contributed by atoms with E-state index in [9.17, 15) is 30.8 Å². The minimum Gasteiger partial charge on any atom is -0.366 e. The van der Waals surface area contributed by atoms with Crippen LogP contribution >= 0.6 is 0 Å². The summed E-state index contributed by atoms with van der Waals surface area (Å²) in [5.74, 6) is -1.18. The fourth-order valence-electron chi connectivity index (χ4n) is 3.53. The van der Waals surface area contributed by atoms with Gasteiger partial charge in [-0.15, -0.1) is 0 Å². The smallest absolute Gasteiger partial charge is 0.366 e. The topological polar surface area (TPSA) is 120 Å². The number of amides is 1. The van der Waals surface area contributed by atoms with Gasteiger partial charge in [0.25, 0.3) is 5.91 Å². The molecule has 0 radical (unpaired) electrons. The molecule has 4 aromatic rings. The predicted octanol–water partition coefficient (Wildman–Crippen LogP) is 3.55. The molecule has 1 aromatic carbocycles. The van der Waals surface area contributed by atoms with Crippen LogP contribution in [-0.2, 0) is 10.0 Å². The number of nitrogens with zero attached hydrogens (tertiary/aromatic N) is 3. The molecule has 182 valence electrons. The minimum absolute atomic E-state index is 0.0591. The molecule has 0 aliphatic heterocycles. The number of halogens is 4. The number of alkyl halides is 3. The van der Waals surface area contributed by atoms with Crippen molar-refractivity contribution in [3.8, 4) is 17.2 Å². The fraction of sp³-hybridized carbons (Fsp3) is 0.136. The lowest BCUT2D eigenvalue weighted by Gasteiger charge is -2.17. The van der Waals surface area contributed by atoms with Crippen molar-refractivity contribution in [3.63, 3.8) is 0 Å². The van der Waals surface area contributed by atoms with E-state index in [0.717, 1.165) is 18.3 Å². The molecule has 0 saturated heterocycles. The van der Waals surface area contributed by atoms with Gasteiger partial charge < -0.3 is 5.73 Å². The Morgan fingerprint density at radius 3 is 2.43 bits per heavy atom. The highest BCUT2D eigenvalue weighted by Crippen LogP contribution is 2.35. The lowest BCUT2D eigenvalue weighted by atomic mass is 10.1. The number of benzene rings is 1. The molecule has 1 amide bonds. The van der Waals surface area contributed by atoms with E-state index in [0.29, 0.717) is 18.3 Å². The van der Waals surface area contributed by atoms with Crippen LogP contribution in [-0.4, -0.2) is 41.1 Å². The number of primary amides is 1. The summed E-state index contributed by atoms with van der Waals surface area (Å²) >= 11 is 0. The summed E-state index contributed by atoms with van der Waals surface area (Å²) in [7, 11) is -4.55. The number of nitrogens with two attached hydrogens (primary N) is 1. The molecule has 35 heavy (non-hydrogen) atoms. The Bertz CT molecular complexity index is 1520. The highest BCUT2D eigenvalue weighted by atomic mass is 32.2. The third kappa shape index (κ3) is 4.59. The number of hydrogen-bond donors (Lipinski definition) is 2. The van der Waals surface area contributed by atoms with E-state index in [-0.39, 0.29) is 22.3 Å². The first kappa shape index (κ1) is 24.3. The number of sulfonamides is 1. The second kappa shape index (κ2) is 8.74. The number of fused-ring (bicyclic) bond motifs is 1. The molecule has 3 heterocycles.